The standard InChI is InChI=1S/C17H25NO3/c1-3-16(9-6-7-12-20-13-11-18)21-14-15-8-4-5-10-17(15)19-2/h4-10H,3,11-14,18H2,1-2H3/b7-6-,16-9+. The zero-order valence-electron chi connectivity index (χ0n) is 12.9. The molecule has 0 bridgehead atoms. The first kappa shape index (κ1) is 17.3. The van der Waals surface area contributed by atoms with Gasteiger partial charge in [0.1, 0.15) is 12.4 Å². The van der Waals surface area contributed by atoms with E-state index in [9.17, 15) is 0 Å². The minimum absolute atomic E-state index is 0.501. The van der Waals surface area contributed by atoms with Crippen molar-refractivity contribution in [3.63, 3.8) is 0 Å². The third-order valence-electron chi connectivity index (χ3n) is 2.85. The quantitative estimate of drug-likeness (QED) is 0.409. The number of allylic oxidation sites excluding steroid dienone is 3. The highest BCUT2D eigenvalue weighted by Crippen LogP contribution is 2.19. The van der Waals surface area contributed by atoms with Crippen LogP contribution in [-0.4, -0.2) is 26.9 Å². The molecule has 2 N–H and O–H groups in total. The molecule has 0 amide bonds. The molecule has 0 aromatic heterocycles. The molecule has 0 radical (unpaired) electrons. The Labute approximate surface area is 127 Å². The van der Waals surface area contributed by atoms with E-state index in [1.165, 1.54) is 0 Å². The first-order valence-electron chi connectivity index (χ1n) is 7.20. The molecule has 4 nitrogen and oxygen atoms in total. The Hall–Kier alpha value is -1.78. The maximum Gasteiger partial charge on any atom is 0.125 e. The minimum atomic E-state index is 0.501. The number of rotatable bonds is 10. The van der Waals surface area contributed by atoms with Gasteiger partial charge >= 0.3 is 0 Å². The summed E-state index contributed by atoms with van der Waals surface area (Å²) in [6, 6.07) is 7.86. The molecule has 0 aliphatic rings. The van der Waals surface area contributed by atoms with Crippen molar-refractivity contribution >= 4 is 0 Å². The molecule has 1 aromatic rings. The van der Waals surface area contributed by atoms with Gasteiger partial charge in [-0.1, -0.05) is 37.3 Å². The van der Waals surface area contributed by atoms with Gasteiger partial charge in [-0.25, -0.2) is 0 Å². The van der Waals surface area contributed by atoms with E-state index in [1.807, 2.05) is 42.5 Å². The second-order valence-corrected chi connectivity index (χ2v) is 4.38. The molecule has 0 aliphatic carbocycles. The molecule has 0 aliphatic heterocycles. The third kappa shape index (κ3) is 6.97. The van der Waals surface area contributed by atoms with Gasteiger partial charge in [0.2, 0.25) is 0 Å². The maximum atomic E-state index is 5.82. The van der Waals surface area contributed by atoms with Crippen LogP contribution in [0.1, 0.15) is 18.9 Å². The van der Waals surface area contributed by atoms with Crippen molar-refractivity contribution in [3.8, 4) is 5.75 Å². The Morgan fingerprint density at radius 3 is 2.81 bits per heavy atom. The summed E-state index contributed by atoms with van der Waals surface area (Å²) in [5, 5.41) is 0. The molecule has 0 spiro atoms. The zero-order chi connectivity index (χ0) is 15.3. The number of hydrogen-bond acceptors (Lipinski definition) is 4. The van der Waals surface area contributed by atoms with Crippen molar-refractivity contribution < 1.29 is 14.2 Å². The summed E-state index contributed by atoms with van der Waals surface area (Å²) in [6.45, 7) is 4.26. The van der Waals surface area contributed by atoms with Gasteiger partial charge in [-0.3, -0.25) is 0 Å². The summed E-state index contributed by atoms with van der Waals surface area (Å²) in [7, 11) is 1.67. The van der Waals surface area contributed by atoms with Crippen molar-refractivity contribution in [3.05, 3.63) is 53.8 Å². The Bertz CT molecular complexity index is 455. The Morgan fingerprint density at radius 2 is 2.10 bits per heavy atom. The Balaban J connectivity index is 2.46. The first-order valence-corrected chi connectivity index (χ1v) is 7.20. The fraction of sp³-hybridized carbons (Fsp3) is 0.412. The van der Waals surface area contributed by atoms with Crippen molar-refractivity contribution in [1.29, 1.82) is 0 Å². The minimum Gasteiger partial charge on any atom is -0.496 e. The summed E-state index contributed by atoms with van der Waals surface area (Å²) in [5.74, 6) is 1.77. The zero-order valence-corrected chi connectivity index (χ0v) is 12.9. The molecular formula is C17H25NO3. The van der Waals surface area contributed by atoms with E-state index in [1.54, 1.807) is 7.11 Å². The molecule has 4 heteroatoms. The lowest BCUT2D eigenvalue weighted by Gasteiger charge is -2.11. The van der Waals surface area contributed by atoms with Crippen molar-refractivity contribution in [2.75, 3.05) is 26.9 Å². The molecule has 116 valence electrons. The predicted molar refractivity (Wildman–Crippen MR) is 85.2 cm³/mol. The lowest BCUT2D eigenvalue weighted by atomic mass is 10.2. The van der Waals surface area contributed by atoms with Gasteiger partial charge < -0.3 is 19.9 Å². The van der Waals surface area contributed by atoms with Gasteiger partial charge in [0, 0.05) is 18.5 Å². The van der Waals surface area contributed by atoms with Gasteiger partial charge in [0.15, 0.2) is 0 Å². The second kappa shape index (κ2) is 10.9. The van der Waals surface area contributed by atoms with E-state index in [4.69, 9.17) is 19.9 Å². The van der Waals surface area contributed by atoms with Gasteiger partial charge in [-0.2, -0.15) is 0 Å². The third-order valence-corrected chi connectivity index (χ3v) is 2.85. The topological polar surface area (TPSA) is 53.7 Å². The summed E-state index contributed by atoms with van der Waals surface area (Å²) < 4.78 is 16.4. The fourth-order valence-corrected chi connectivity index (χ4v) is 1.73. The van der Waals surface area contributed by atoms with E-state index in [0.29, 0.717) is 26.4 Å². The van der Waals surface area contributed by atoms with E-state index in [0.717, 1.165) is 23.5 Å². The lowest BCUT2D eigenvalue weighted by molar-refractivity contribution is 0.170. The fourth-order valence-electron chi connectivity index (χ4n) is 1.73. The molecule has 0 saturated heterocycles. The maximum absolute atomic E-state index is 5.82. The molecule has 1 aromatic carbocycles. The number of benzene rings is 1. The predicted octanol–water partition coefficient (Wildman–Crippen LogP) is 3.04. The van der Waals surface area contributed by atoms with Crippen LogP contribution in [0.25, 0.3) is 0 Å². The van der Waals surface area contributed by atoms with Gasteiger partial charge in [-0.15, -0.1) is 0 Å². The van der Waals surface area contributed by atoms with E-state index >= 15 is 0 Å². The molecule has 0 saturated carbocycles. The van der Waals surface area contributed by atoms with Gasteiger partial charge in [-0.05, 0) is 12.1 Å². The van der Waals surface area contributed by atoms with Crippen LogP contribution < -0.4 is 10.5 Å². The molecule has 0 atom stereocenters. The van der Waals surface area contributed by atoms with Crippen LogP contribution in [0.3, 0.4) is 0 Å². The smallest absolute Gasteiger partial charge is 0.125 e. The highest BCUT2D eigenvalue weighted by molar-refractivity contribution is 5.32. The SMILES string of the molecule is CC/C(=C\C=C/COCCN)OCc1ccccc1OC. The molecule has 0 unspecified atom stereocenters. The van der Waals surface area contributed by atoms with Crippen molar-refractivity contribution in [2.24, 2.45) is 5.73 Å². The monoisotopic (exact) mass is 291 g/mol. The molecular weight excluding hydrogens is 266 g/mol. The average molecular weight is 291 g/mol. The van der Waals surface area contributed by atoms with Crippen LogP contribution in [0, 0.1) is 0 Å². The van der Waals surface area contributed by atoms with Crippen LogP contribution >= 0.6 is 0 Å². The second-order valence-electron chi connectivity index (χ2n) is 4.38. The van der Waals surface area contributed by atoms with Crippen molar-refractivity contribution in [2.45, 2.75) is 20.0 Å². The highest BCUT2D eigenvalue weighted by Gasteiger charge is 2.02. The van der Waals surface area contributed by atoms with Crippen molar-refractivity contribution in [1.82, 2.24) is 0 Å². The van der Waals surface area contributed by atoms with E-state index < -0.39 is 0 Å². The number of nitrogens with two attached hydrogens (primary N) is 1. The Morgan fingerprint density at radius 1 is 1.29 bits per heavy atom. The normalized spacial score (nSPS) is 11.9. The number of hydrogen-bond donors (Lipinski definition) is 1. The lowest BCUT2D eigenvalue weighted by Crippen LogP contribution is -2.07. The van der Waals surface area contributed by atoms with Crippen LogP contribution in [0.4, 0.5) is 0 Å². The van der Waals surface area contributed by atoms with Crippen LogP contribution in [-0.2, 0) is 16.1 Å². The largest absolute Gasteiger partial charge is 0.496 e. The van der Waals surface area contributed by atoms with E-state index in [-0.39, 0.29) is 0 Å². The van der Waals surface area contributed by atoms with Gasteiger partial charge in [0.05, 0.1) is 26.1 Å². The Kier molecular flexibility index (Phi) is 9.00. The number of methoxy groups -OCH3 is 1. The van der Waals surface area contributed by atoms with Gasteiger partial charge in [0.25, 0.3) is 0 Å². The number of para-hydroxylation sites is 1. The van der Waals surface area contributed by atoms with E-state index in [2.05, 4.69) is 6.92 Å². The van der Waals surface area contributed by atoms with Crippen LogP contribution in [0.5, 0.6) is 5.75 Å². The molecule has 21 heavy (non-hydrogen) atoms. The molecule has 0 fully saturated rings. The summed E-state index contributed by atoms with van der Waals surface area (Å²) in [4.78, 5) is 0. The molecule has 0 heterocycles. The summed E-state index contributed by atoms with van der Waals surface area (Å²) in [6.07, 6.45) is 6.68. The first-order chi connectivity index (χ1) is 10.3. The summed E-state index contributed by atoms with van der Waals surface area (Å²) >= 11 is 0. The van der Waals surface area contributed by atoms with Crippen LogP contribution in [0.2, 0.25) is 0 Å². The highest BCUT2D eigenvalue weighted by atomic mass is 16.5. The number of ether oxygens (including phenoxy) is 3. The van der Waals surface area contributed by atoms with Crippen LogP contribution in [0.15, 0.2) is 48.3 Å². The summed E-state index contributed by atoms with van der Waals surface area (Å²) in [5.41, 5.74) is 6.38. The molecule has 1 rings (SSSR count). The average Bonchev–Trinajstić information content (AvgIpc) is 2.53.